The Bertz CT molecular complexity index is 1240. The largest absolute Gasteiger partial charge is 0.494 e. The van der Waals surface area contributed by atoms with E-state index in [9.17, 15) is 9.59 Å². The van der Waals surface area contributed by atoms with Crippen molar-refractivity contribution in [1.29, 1.82) is 0 Å². The van der Waals surface area contributed by atoms with E-state index in [-0.39, 0.29) is 17.7 Å². The number of hydrogen-bond acceptors (Lipinski definition) is 6. The van der Waals surface area contributed by atoms with Crippen molar-refractivity contribution in [2.24, 2.45) is 4.99 Å². The predicted octanol–water partition coefficient (Wildman–Crippen LogP) is 4.85. The van der Waals surface area contributed by atoms with Crippen LogP contribution in [0.4, 0.5) is 5.00 Å². The van der Waals surface area contributed by atoms with Crippen LogP contribution in [-0.2, 0) is 29.0 Å². The number of ether oxygens (including phenoxy) is 1. The molecule has 188 valence electrons. The lowest BCUT2D eigenvalue weighted by molar-refractivity contribution is -0.131. The second-order valence-electron chi connectivity index (χ2n) is 8.86. The van der Waals surface area contributed by atoms with E-state index in [0.29, 0.717) is 32.5 Å². The third kappa shape index (κ3) is 5.99. The normalized spacial score (nSPS) is 13.9. The lowest BCUT2D eigenvalue weighted by Crippen LogP contribution is -2.36. The molecule has 0 bridgehead atoms. The average molecular weight is 505 g/mol. The number of hydrogen-bond donors (Lipinski definition) is 1. The molecule has 1 aliphatic heterocycles. The van der Waals surface area contributed by atoms with Crippen LogP contribution >= 0.6 is 11.3 Å². The highest BCUT2D eigenvalue weighted by Gasteiger charge is 2.27. The maximum Gasteiger partial charge on any atom is 0.227 e. The SMILES string of the molecule is CCOc1ccccc1C(C)CC(=O)Nc1sc2c(c1C=NC)CCN(C(=O)Cc1ccncc1)C2. The van der Waals surface area contributed by atoms with Gasteiger partial charge in [-0.1, -0.05) is 25.1 Å². The quantitative estimate of drug-likeness (QED) is 0.422. The van der Waals surface area contributed by atoms with Gasteiger partial charge in [-0.3, -0.25) is 19.6 Å². The molecule has 2 amide bonds. The van der Waals surface area contributed by atoms with Crippen LogP contribution in [0.15, 0.2) is 53.8 Å². The van der Waals surface area contributed by atoms with E-state index in [4.69, 9.17) is 4.74 Å². The predicted molar refractivity (Wildman–Crippen MR) is 144 cm³/mol. The van der Waals surface area contributed by atoms with Crippen molar-refractivity contribution in [3.63, 3.8) is 0 Å². The molecule has 1 N–H and O–H groups in total. The molecule has 0 saturated heterocycles. The van der Waals surface area contributed by atoms with Gasteiger partial charge in [0.2, 0.25) is 11.8 Å². The van der Waals surface area contributed by atoms with Crippen LogP contribution in [-0.4, -0.2) is 48.1 Å². The third-order valence-electron chi connectivity index (χ3n) is 6.31. The van der Waals surface area contributed by atoms with Crippen LogP contribution in [0.3, 0.4) is 0 Å². The molecule has 7 nitrogen and oxygen atoms in total. The Kier molecular flexibility index (Phi) is 8.48. The van der Waals surface area contributed by atoms with Crippen molar-refractivity contribution in [2.45, 2.75) is 45.6 Å². The van der Waals surface area contributed by atoms with Gasteiger partial charge in [-0.15, -0.1) is 11.3 Å². The third-order valence-corrected chi connectivity index (χ3v) is 7.46. The molecule has 1 aromatic carbocycles. The molecule has 0 aliphatic carbocycles. The Morgan fingerprint density at radius 3 is 2.78 bits per heavy atom. The number of pyridine rings is 1. The second kappa shape index (κ2) is 11.9. The van der Waals surface area contributed by atoms with Crippen LogP contribution in [0.25, 0.3) is 0 Å². The summed E-state index contributed by atoms with van der Waals surface area (Å²) in [5, 5.41) is 3.92. The first-order valence-corrected chi connectivity index (χ1v) is 13.1. The number of carbonyl (C=O) groups is 2. The number of nitrogens with one attached hydrogen (secondary N) is 1. The van der Waals surface area contributed by atoms with Crippen molar-refractivity contribution >= 4 is 34.4 Å². The fraction of sp³-hybridized carbons (Fsp3) is 0.357. The van der Waals surface area contributed by atoms with Crippen molar-refractivity contribution in [1.82, 2.24) is 9.88 Å². The summed E-state index contributed by atoms with van der Waals surface area (Å²) in [7, 11) is 1.73. The van der Waals surface area contributed by atoms with Gasteiger partial charge in [-0.05, 0) is 54.2 Å². The van der Waals surface area contributed by atoms with E-state index < -0.39 is 0 Å². The number of amides is 2. The molecule has 0 fully saturated rings. The summed E-state index contributed by atoms with van der Waals surface area (Å²) in [6.07, 6.45) is 6.66. The highest BCUT2D eigenvalue weighted by atomic mass is 32.1. The van der Waals surface area contributed by atoms with Crippen molar-refractivity contribution in [3.05, 3.63) is 75.9 Å². The van der Waals surface area contributed by atoms with Gasteiger partial charge in [-0.25, -0.2) is 0 Å². The van der Waals surface area contributed by atoms with Gasteiger partial charge in [0.05, 0.1) is 19.6 Å². The molecule has 0 spiro atoms. The zero-order valence-corrected chi connectivity index (χ0v) is 21.8. The molecule has 1 aliphatic rings. The number of fused-ring (bicyclic) bond motifs is 1. The van der Waals surface area contributed by atoms with Crippen LogP contribution < -0.4 is 10.1 Å². The van der Waals surface area contributed by atoms with E-state index in [1.165, 1.54) is 5.56 Å². The van der Waals surface area contributed by atoms with Crippen LogP contribution in [0.2, 0.25) is 0 Å². The Labute approximate surface area is 216 Å². The number of benzene rings is 1. The van der Waals surface area contributed by atoms with Gasteiger partial charge in [-0.2, -0.15) is 0 Å². The molecular formula is C28H32N4O3S. The molecule has 4 rings (SSSR count). The summed E-state index contributed by atoms with van der Waals surface area (Å²) in [5.41, 5.74) is 4.11. The average Bonchev–Trinajstić information content (AvgIpc) is 3.21. The van der Waals surface area contributed by atoms with Crippen LogP contribution in [0, 0.1) is 0 Å². The molecule has 0 saturated carbocycles. The van der Waals surface area contributed by atoms with E-state index in [0.717, 1.165) is 38.7 Å². The van der Waals surface area contributed by atoms with E-state index >= 15 is 0 Å². The van der Waals surface area contributed by atoms with Crippen molar-refractivity contribution in [2.75, 3.05) is 25.5 Å². The molecule has 3 heterocycles. The minimum absolute atomic E-state index is 0.00642. The topological polar surface area (TPSA) is 83.9 Å². The van der Waals surface area contributed by atoms with Gasteiger partial charge in [0, 0.05) is 49.1 Å². The number of aromatic nitrogens is 1. The number of para-hydroxylation sites is 1. The number of nitrogens with zero attached hydrogens (tertiary/aromatic N) is 3. The van der Waals surface area contributed by atoms with Crippen molar-refractivity contribution < 1.29 is 14.3 Å². The van der Waals surface area contributed by atoms with Crippen LogP contribution in [0.1, 0.15) is 53.3 Å². The summed E-state index contributed by atoms with van der Waals surface area (Å²) in [6, 6.07) is 11.6. The fourth-order valence-electron chi connectivity index (χ4n) is 4.53. The standard InChI is InChI=1S/C28H32N4O3S/c1-4-35-24-8-6-5-7-21(24)19(2)15-26(33)31-28-23(17-29-3)22-11-14-32(18-25(22)36-28)27(34)16-20-9-12-30-13-10-20/h5-10,12-13,17,19H,4,11,14-16,18H2,1-3H3,(H,31,33). The molecular weight excluding hydrogens is 472 g/mol. The van der Waals surface area contributed by atoms with Gasteiger partial charge < -0.3 is 15.0 Å². The summed E-state index contributed by atoms with van der Waals surface area (Å²) in [5.74, 6) is 0.872. The minimum Gasteiger partial charge on any atom is -0.494 e. The first-order chi connectivity index (χ1) is 17.5. The molecule has 1 atom stereocenters. The highest BCUT2D eigenvalue weighted by molar-refractivity contribution is 7.16. The maximum absolute atomic E-state index is 13.1. The van der Waals surface area contributed by atoms with Gasteiger partial charge in [0.15, 0.2) is 0 Å². The smallest absolute Gasteiger partial charge is 0.227 e. The minimum atomic E-state index is -0.0521. The zero-order chi connectivity index (χ0) is 25.5. The lowest BCUT2D eigenvalue weighted by Gasteiger charge is -2.27. The van der Waals surface area contributed by atoms with E-state index in [1.54, 1.807) is 30.8 Å². The molecule has 3 aromatic rings. The number of thiophene rings is 1. The number of carbonyl (C=O) groups excluding carboxylic acids is 2. The second-order valence-corrected chi connectivity index (χ2v) is 9.96. The Balaban J connectivity index is 1.46. The summed E-state index contributed by atoms with van der Waals surface area (Å²) in [6.45, 7) is 5.77. The van der Waals surface area contributed by atoms with E-state index in [2.05, 4.69) is 15.3 Å². The fourth-order valence-corrected chi connectivity index (χ4v) is 5.78. The summed E-state index contributed by atoms with van der Waals surface area (Å²) in [4.78, 5) is 37.2. The molecule has 8 heteroatoms. The maximum atomic E-state index is 13.1. The van der Waals surface area contributed by atoms with Crippen molar-refractivity contribution in [3.8, 4) is 5.75 Å². The Hall–Kier alpha value is -3.52. The molecule has 36 heavy (non-hydrogen) atoms. The Morgan fingerprint density at radius 1 is 1.25 bits per heavy atom. The molecule has 2 aromatic heterocycles. The zero-order valence-electron chi connectivity index (χ0n) is 21.0. The number of aliphatic imine (C=N–C) groups is 1. The highest BCUT2D eigenvalue weighted by Crippen LogP contribution is 2.37. The van der Waals surface area contributed by atoms with E-state index in [1.807, 2.05) is 61.4 Å². The van der Waals surface area contributed by atoms with Gasteiger partial charge in [0.1, 0.15) is 10.8 Å². The molecule has 0 radical (unpaired) electrons. The Morgan fingerprint density at radius 2 is 2.03 bits per heavy atom. The number of anilines is 1. The van der Waals surface area contributed by atoms with Crippen LogP contribution in [0.5, 0.6) is 5.75 Å². The first kappa shape index (κ1) is 25.6. The summed E-state index contributed by atoms with van der Waals surface area (Å²) >= 11 is 1.54. The van der Waals surface area contributed by atoms with Gasteiger partial charge in [0.25, 0.3) is 0 Å². The summed E-state index contributed by atoms with van der Waals surface area (Å²) < 4.78 is 5.75. The monoisotopic (exact) mass is 504 g/mol. The lowest BCUT2D eigenvalue weighted by atomic mass is 9.96. The van der Waals surface area contributed by atoms with Gasteiger partial charge >= 0.3 is 0 Å². The molecule has 1 unspecified atom stereocenters. The number of rotatable bonds is 9. The first-order valence-electron chi connectivity index (χ1n) is 12.2.